The number of amides is 2. The first-order chi connectivity index (χ1) is 16.0. The first-order valence-electron chi connectivity index (χ1n) is 10.7. The highest BCUT2D eigenvalue weighted by molar-refractivity contribution is 5.97. The molecule has 172 valence electrons. The molecule has 9 nitrogen and oxygen atoms in total. The molecule has 0 bridgehead atoms. The average molecular weight is 450 g/mol. The first kappa shape index (κ1) is 22.3. The van der Waals surface area contributed by atoms with Gasteiger partial charge in [-0.05, 0) is 25.1 Å². The summed E-state index contributed by atoms with van der Waals surface area (Å²) in [7, 11) is 1.60. The number of methoxy groups -OCH3 is 1. The number of para-hydroxylation sites is 2. The maximum Gasteiger partial charge on any atom is 0.258 e. The normalized spacial score (nSPS) is 15.9. The highest BCUT2D eigenvalue weighted by atomic mass is 16.6. The van der Waals surface area contributed by atoms with Gasteiger partial charge >= 0.3 is 0 Å². The van der Waals surface area contributed by atoms with Crippen LogP contribution in [0.3, 0.4) is 0 Å². The molecule has 1 saturated heterocycles. The number of nitrogens with zero attached hydrogens (tertiary/aromatic N) is 4. The number of ether oxygens (including phenoxy) is 2. The zero-order valence-corrected chi connectivity index (χ0v) is 18.9. The molecule has 33 heavy (non-hydrogen) atoms. The number of carbonyl (C=O) groups excluding carboxylic acids is 2. The standard InChI is InChI=1S/C24H26N4O5/c1-16-20(26-33-25-16)15-32-23-11-7-5-9-19(23)24(30)28-13-12-27(17(2)29)14-21(28)18-8-4-6-10-22(18)31-3/h4-11,21H,12-15H2,1-3H3/t21-/m1/s1. The second-order valence-corrected chi connectivity index (χ2v) is 7.80. The fourth-order valence-electron chi connectivity index (χ4n) is 3.97. The van der Waals surface area contributed by atoms with Gasteiger partial charge in [-0.25, -0.2) is 4.63 Å². The lowest BCUT2D eigenvalue weighted by Crippen LogP contribution is -2.52. The Bertz CT molecular complexity index is 1150. The van der Waals surface area contributed by atoms with E-state index in [1.165, 1.54) is 0 Å². The van der Waals surface area contributed by atoms with Gasteiger partial charge in [0.05, 0.1) is 18.7 Å². The second-order valence-electron chi connectivity index (χ2n) is 7.80. The fourth-order valence-corrected chi connectivity index (χ4v) is 3.97. The molecule has 1 aliphatic heterocycles. The van der Waals surface area contributed by atoms with E-state index >= 15 is 0 Å². The summed E-state index contributed by atoms with van der Waals surface area (Å²) >= 11 is 0. The van der Waals surface area contributed by atoms with Crippen LogP contribution in [-0.4, -0.2) is 58.7 Å². The van der Waals surface area contributed by atoms with Crippen molar-refractivity contribution in [3.8, 4) is 11.5 Å². The van der Waals surface area contributed by atoms with E-state index in [0.29, 0.717) is 48.1 Å². The fraction of sp³-hybridized carbons (Fsp3) is 0.333. The summed E-state index contributed by atoms with van der Waals surface area (Å²) in [5, 5.41) is 7.59. The minimum absolute atomic E-state index is 0.0256. The lowest BCUT2D eigenvalue weighted by Gasteiger charge is -2.42. The third kappa shape index (κ3) is 4.67. The molecule has 9 heteroatoms. The summed E-state index contributed by atoms with van der Waals surface area (Å²) < 4.78 is 16.2. The van der Waals surface area contributed by atoms with E-state index in [9.17, 15) is 9.59 Å². The van der Waals surface area contributed by atoms with Crippen molar-refractivity contribution in [2.75, 3.05) is 26.7 Å². The van der Waals surface area contributed by atoms with E-state index in [4.69, 9.17) is 14.1 Å². The quantitative estimate of drug-likeness (QED) is 0.569. The van der Waals surface area contributed by atoms with Gasteiger partial charge in [0.2, 0.25) is 5.91 Å². The summed E-state index contributed by atoms with van der Waals surface area (Å²) in [4.78, 5) is 29.4. The van der Waals surface area contributed by atoms with Crippen LogP contribution in [0.15, 0.2) is 53.2 Å². The van der Waals surface area contributed by atoms with Crippen LogP contribution in [0.5, 0.6) is 11.5 Å². The van der Waals surface area contributed by atoms with Gasteiger partial charge in [-0.2, -0.15) is 0 Å². The Morgan fingerprint density at radius 1 is 1.06 bits per heavy atom. The summed E-state index contributed by atoms with van der Waals surface area (Å²) in [6.45, 7) is 4.68. The molecule has 1 fully saturated rings. The Labute approximate surface area is 191 Å². The van der Waals surface area contributed by atoms with E-state index < -0.39 is 0 Å². The Morgan fingerprint density at radius 3 is 2.48 bits per heavy atom. The Kier molecular flexibility index (Phi) is 6.58. The minimum atomic E-state index is -0.360. The van der Waals surface area contributed by atoms with Crippen LogP contribution in [0.4, 0.5) is 0 Å². The van der Waals surface area contributed by atoms with Crippen molar-refractivity contribution < 1.29 is 23.7 Å². The molecule has 0 spiro atoms. The van der Waals surface area contributed by atoms with Gasteiger partial charge in [0.1, 0.15) is 29.5 Å². The number of aromatic nitrogens is 2. The lowest BCUT2D eigenvalue weighted by atomic mass is 9.99. The van der Waals surface area contributed by atoms with E-state index in [-0.39, 0.29) is 24.5 Å². The van der Waals surface area contributed by atoms with Crippen LogP contribution in [0.2, 0.25) is 0 Å². The van der Waals surface area contributed by atoms with Crippen molar-refractivity contribution >= 4 is 11.8 Å². The molecule has 0 saturated carbocycles. The summed E-state index contributed by atoms with van der Waals surface area (Å²) in [5.74, 6) is 0.906. The van der Waals surface area contributed by atoms with Gasteiger partial charge in [0.25, 0.3) is 5.91 Å². The predicted octanol–water partition coefficient (Wildman–Crippen LogP) is 3.01. The number of aryl methyl sites for hydroxylation is 1. The zero-order valence-electron chi connectivity index (χ0n) is 18.9. The second kappa shape index (κ2) is 9.72. The topological polar surface area (TPSA) is 98.0 Å². The third-order valence-corrected chi connectivity index (χ3v) is 5.81. The van der Waals surface area contributed by atoms with Crippen LogP contribution in [0.1, 0.15) is 40.3 Å². The number of hydrogen-bond donors (Lipinski definition) is 0. The van der Waals surface area contributed by atoms with Gasteiger partial charge in [0, 0.05) is 32.1 Å². The van der Waals surface area contributed by atoms with Crippen LogP contribution in [0, 0.1) is 6.92 Å². The van der Waals surface area contributed by atoms with Crippen LogP contribution < -0.4 is 9.47 Å². The number of rotatable bonds is 6. The Hall–Kier alpha value is -3.88. The van der Waals surface area contributed by atoms with Gasteiger partial charge in [-0.15, -0.1) is 0 Å². The summed E-state index contributed by atoms with van der Waals surface area (Å²) in [6, 6.07) is 14.3. The molecule has 4 rings (SSSR count). The summed E-state index contributed by atoms with van der Waals surface area (Å²) in [6.07, 6.45) is 0. The van der Waals surface area contributed by atoms with Crippen molar-refractivity contribution in [3.05, 3.63) is 71.0 Å². The average Bonchev–Trinajstić information content (AvgIpc) is 3.26. The lowest BCUT2D eigenvalue weighted by molar-refractivity contribution is -0.131. The summed E-state index contributed by atoms with van der Waals surface area (Å²) in [5.41, 5.74) is 2.49. The molecule has 0 N–H and O–H groups in total. The molecule has 3 aromatic rings. The molecule has 0 radical (unpaired) electrons. The molecule has 1 aromatic heterocycles. The van der Waals surface area contributed by atoms with E-state index in [0.717, 1.165) is 5.56 Å². The van der Waals surface area contributed by atoms with E-state index in [1.54, 1.807) is 49.0 Å². The monoisotopic (exact) mass is 450 g/mol. The van der Waals surface area contributed by atoms with Crippen molar-refractivity contribution in [1.29, 1.82) is 0 Å². The molecule has 1 atom stereocenters. The van der Waals surface area contributed by atoms with Gasteiger partial charge in [-0.3, -0.25) is 9.59 Å². The third-order valence-electron chi connectivity index (χ3n) is 5.81. The largest absolute Gasteiger partial charge is 0.496 e. The SMILES string of the molecule is COc1ccccc1[C@H]1CN(C(C)=O)CCN1C(=O)c1ccccc1OCc1nonc1C. The number of benzene rings is 2. The maximum absolute atomic E-state index is 13.8. The maximum atomic E-state index is 13.8. The molecule has 2 amide bonds. The van der Waals surface area contributed by atoms with Crippen molar-refractivity contribution in [1.82, 2.24) is 20.1 Å². The number of hydrogen-bond acceptors (Lipinski definition) is 7. The Balaban J connectivity index is 1.64. The predicted molar refractivity (Wildman–Crippen MR) is 119 cm³/mol. The minimum Gasteiger partial charge on any atom is -0.496 e. The van der Waals surface area contributed by atoms with Crippen LogP contribution >= 0.6 is 0 Å². The molecule has 1 aliphatic rings. The van der Waals surface area contributed by atoms with Crippen molar-refractivity contribution in [3.63, 3.8) is 0 Å². The van der Waals surface area contributed by atoms with Gasteiger partial charge < -0.3 is 19.3 Å². The van der Waals surface area contributed by atoms with Crippen LogP contribution in [-0.2, 0) is 11.4 Å². The highest BCUT2D eigenvalue weighted by Crippen LogP contribution is 2.34. The molecular formula is C24H26N4O5. The Morgan fingerprint density at radius 2 is 1.79 bits per heavy atom. The first-order valence-corrected chi connectivity index (χ1v) is 10.7. The van der Waals surface area contributed by atoms with Crippen molar-refractivity contribution in [2.45, 2.75) is 26.5 Å². The smallest absolute Gasteiger partial charge is 0.258 e. The molecule has 0 aliphatic carbocycles. The van der Waals surface area contributed by atoms with E-state index in [1.807, 2.05) is 30.3 Å². The highest BCUT2D eigenvalue weighted by Gasteiger charge is 2.35. The molecule has 0 unspecified atom stereocenters. The van der Waals surface area contributed by atoms with Gasteiger partial charge in [-0.1, -0.05) is 40.6 Å². The number of piperazine rings is 1. The number of carbonyl (C=O) groups is 2. The van der Waals surface area contributed by atoms with Gasteiger partial charge in [0.15, 0.2) is 0 Å². The molecule has 2 heterocycles. The zero-order chi connectivity index (χ0) is 23.4. The van der Waals surface area contributed by atoms with Crippen molar-refractivity contribution in [2.24, 2.45) is 0 Å². The van der Waals surface area contributed by atoms with E-state index in [2.05, 4.69) is 10.3 Å². The molecular weight excluding hydrogens is 424 g/mol. The van der Waals surface area contributed by atoms with Crippen LogP contribution in [0.25, 0.3) is 0 Å². The molecule has 2 aromatic carbocycles.